The van der Waals surface area contributed by atoms with Crippen LogP contribution in [0.15, 0.2) is 22.7 Å². The van der Waals surface area contributed by atoms with Crippen LogP contribution in [0, 0.1) is 6.92 Å². The van der Waals surface area contributed by atoms with E-state index >= 15 is 0 Å². The van der Waals surface area contributed by atoms with Crippen molar-refractivity contribution in [3.8, 4) is 0 Å². The number of aryl methyl sites for hydroxylation is 1. The molecule has 0 aliphatic rings. The van der Waals surface area contributed by atoms with Gasteiger partial charge >= 0.3 is 0 Å². The molecule has 2 nitrogen and oxygen atoms in total. The van der Waals surface area contributed by atoms with Gasteiger partial charge in [0.1, 0.15) is 0 Å². The number of benzene rings is 1. The molecule has 0 bridgehead atoms. The van der Waals surface area contributed by atoms with E-state index in [-0.39, 0.29) is 0 Å². The average Bonchev–Trinajstić information content (AvgIpc) is 2.13. The highest BCUT2D eigenvalue weighted by Crippen LogP contribution is 2.20. The fourth-order valence-corrected chi connectivity index (χ4v) is 1.89. The molecule has 0 heterocycles. The van der Waals surface area contributed by atoms with Gasteiger partial charge in [0, 0.05) is 11.4 Å². The molecular formula is C11H12BrF2NO. The average molecular weight is 292 g/mol. The molecule has 0 unspecified atom stereocenters. The molecular weight excluding hydrogens is 280 g/mol. The Bertz CT molecular complexity index is 381. The number of alkyl halides is 2. The summed E-state index contributed by atoms with van der Waals surface area (Å²) in [5.41, 5.74) is 1.14. The summed E-state index contributed by atoms with van der Waals surface area (Å²) >= 11 is 3.22. The Morgan fingerprint density at radius 1 is 1.50 bits per heavy atom. The standard InChI is InChI=1S/C11H12BrF2NO/c1-7-4-3-5-8(12)9(7)10(16)15-6-11(2,13)14/h3-5H,6H2,1-2H3,(H,15,16). The van der Waals surface area contributed by atoms with Gasteiger partial charge in [-0.25, -0.2) is 8.78 Å². The topological polar surface area (TPSA) is 29.1 Å². The Morgan fingerprint density at radius 3 is 2.62 bits per heavy atom. The van der Waals surface area contributed by atoms with Crippen molar-refractivity contribution in [2.75, 3.05) is 6.54 Å². The molecule has 1 N–H and O–H groups in total. The Balaban J connectivity index is 2.81. The van der Waals surface area contributed by atoms with Gasteiger partial charge in [-0.15, -0.1) is 0 Å². The third kappa shape index (κ3) is 3.56. The lowest BCUT2D eigenvalue weighted by Gasteiger charge is -2.13. The number of carbonyl (C=O) groups is 1. The summed E-state index contributed by atoms with van der Waals surface area (Å²) in [6, 6.07) is 5.24. The van der Waals surface area contributed by atoms with Crippen molar-refractivity contribution in [2.45, 2.75) is 19.8 Å². The lowest BCUT2D eigenvalue weighted by molar-refractivity contribution is 0.0220. The second kappa shape index (κ2) is 4.91. The quantitative estimate of drug-likeness (QED) is 0.911. The van der Waals surface area contributed by atoms with Gasteiger partial charge in [-0.1, -0.05) is 12.1 Å². The van der Waals surface area contributed by atoms with Crippen LogP contribution < -0.4 is 5.32 Å². The number of amides is 1. The minimum atomic E-state index is -2.90. The van der Waals surface area contributed by atoms with E-state index in [0.29, 0.717) is 10.0 Å². The minimum absolute atomic E-state index is 0.395. The van der Waals surface area contributed by atoms with E-state index in [0.717, 1.165) is 12.5 Å². The van der Waals surface area contributed by atoms with Crippen LogP contribution in [0.5, 0.6) is 0 Å². The van der Waals surface area contributed by atoms with Crippen LogP contribution in [0.4, 0.5) is 8.78 Å². The first-order chi connectivity index (χ1) is 7.31. The molecule has 0 aromatic heterocycles. The second-order valence-corrected chi connectivity index (χ2v) is 4.54. The van der Waals surface area contributed by atoms with Crippen molar-refractivity contribution in [1.29, 1.82) is 0 Å². The summed E-state index contributed by atoms with van der Waals surface area (Å²) in [6.07, 6.45) is 0. The van der Waals surface area contributed by atoms with Crippen LogP contribution in [-0.4, -0.2) is 18.4 Å². The van der Waals surface area contributed by atoms with Crippen molar-refractivity contribution in [3.05, 3.63) is 33.8 Å². The largest absolute Gasteiger partial charge is 0.346 e. The van der Waals surface area contributed by atoms with Gasteiger partial charge < -0.3 is 5.32 Å². The molecule has 1 aromatic carbocycles. The van der Waals surface area contributed by atoms with Crippen LogP contribution in [-0.2, 0) is 0 Å². The van der Waals surface area contributed by atoms with Crippen LogP contribution in [0.25, 0.3) is 0 Å². The van der Waals surface area contributed by atoms with Gasteiger partial charge in [-0.2, -0.15) is 0 Å². The van der Waals surface area contributed by atoms with Gasteiger partial charge in [0.25, 0.3) is 11.8 Å². The third-order valence-corrected chi connectivity index (χ3v) is 2.67. The normalized spacial score (nSPS) is 11.3. The first-order valence-corrected chi connectivity index (χ1v) is 5.52. The SMILES string of the molecule is Cc1cccc(Br)c1C(=O)NCC(C)(F)F. The first-order valence-electron chi connectivity index (χ1n) is 4.72. The number of hydrogen-bond acceptors (Lipinski definition) is 1. The molecule has 5 heteroatoms. The highest BCUT2D eigenvalue weighted by molar-refractivity contribution is 9.10. The lowest BCUT2D eigenvalue weighted by atomic mass is 10.1. The number of halogens is 3. The lowest BCUT2D eigenvalue weighted by Crippen LogP contribution is -2.35. The fraction of sp³-hybridized carbons (Fsp3) is 0.364. The monoisotopic (exact) mass is 291 g/mol. The molecule has 0 aliphatic carbocycles. The van der Waals surface area contributed by atoms with E-state index in [1.54, 1.807) is 25.1 Å². The maximum Gasteiger partial charge on any atom is 0.262 e. The van der Waals surface area contributed by atoms with Gasteiger partial charge in [-0.3, -0.25) is 4.79 Å². The second-order valence-electron chi connectivity index (χ2n) is 3.68. The summed E-state index contributed by atoms with van der Waals surface area (Å²) in [5, 5.41) is 2.20. The van der Waals surface area contributed by atoms with Crippen LogP contribution >= 0.6 is 15.9 Å². The van der Waals surface area contributed by atoms with Crippen LogP contribution in [0.2, 0.25) is 0 Å². The van der Waals surface area contributed by atoms with Gasteiger partial charge in [0.15, 0.2) is 0 Å². The summed E-state index contributed by atoms with van der Waals surface area (Å²) in [5.74, 6) is -3.39. The smallest absolute Gasteiger partial charge is 0.262 e. The highest BCUT2D eigenvalue weighted by Gasteiger charge is 2.23. The molecule has 0 spiro atoms. The first kappa shape index (κ1) is 13.1. The molecule has 0 saturated carbocycles. The molecule has 0 atom stereocenters. The molecule has 1 amide bonds. The third-order valence-electron chi connectivity index (χ3n) is 2.01. The minimum Gasteiger partial charge on any atom is -0.346 e. The Hall–Kier alpha value is -0.970. The number of rotatable bonds is 3. The predicted octanol–water partition coefficient (Wildman–Crippen LogP) is 3.14. The van der Waals surface area contributed by atoms with Crippen molar-refractivity contribution < 1.29 is 13.6 Å². The van der Waals surface area contributed by atoms with Gasteiger partial charge in [0.05, 0.1) is 12.1 Å². The van der Waals surface area contributed by atoms with E-state index in [9.17, 15) is 13.6 Å². The Kier molecular flexibility index (Phi) is 4.02. The van der Waals surface area contributed by atoms with E-state index < -0.39 is 18.4 Å². The molecule has 0 radical (unpaired) electrons. The molecule has 1 rings (SSSR count). The van der Waals surface area contributed by atoms with Crippen molar-refractivity contribution in [3.63, 3.8) is 0 Å². The van der Waals surface area contributed by atoms with Crippen LogP contribution in [0.1, 0.15) is 22.8 Å². The Morgan fingerprint density at radius 2 is 2.12 bits per heavy atom. The zero-order valence-corrected chi connectivity index (χ0v) is 10.6. The van der Waals surface area contributed by atoms with Gasteiger partial charge in [0.2, 0.25) is 0 Å². The molecule has 0 aliphatic heterocycles. The predicted molar refractivity (Wildman–Crippen MR) is 61.8 cm³/mol. The molecule has 0 fully saturated rings. The fourth-order valence-electron chi connectivity index (χ4n) is 1.24. The van der Waals surface area contributed by atoms with E-state index in [4.69, 9.17) is 0 Å². The van der Waals surface area contributed by atoms with Crippen molar-refractivity contribution >= 4 is 21.8 Å². The number of hydrogen-bond donors (Lipinski definition) is 1. The number of carbonyl (C=O) groups excluding carboxylic acids is 1. The van der Waals surface area contributed by atoms with E-state index in [1.165, 1.54) is 0 Å². The maximum absolute atomic E-state index is 12.6. The maximum atomic E-state index is 12.6. The van der Waals surface area contributed by atoms with Crippen molar-refractivity contribution in [2.24, 2.45) is 0 Å². The van der Waals surface area contributed by atoms with Crippen LogP contribution in [0.3, 0.4) is 0 Å². The summed E-state index contributed by atoms with van der Waals surface area (Å²) < 4.78 is 25.7. The van der Waals surface area contributed by atoms with E-state index in [2.05, 4.69) is 21.2 Å². The summed E-state index contributed by atoms with van der Waals surface area (Å²) in [4.78, 5) is 11.7. The molecule has 1 aromatic rings. The summed E-state index contributed by atoms with van der Waals surface area (Å²) in [7, 11) is 0. The molecule has 0 saturated heterocycles. The highest BCUT2D eigenvalue weighted by atomic mass is 79.9. The molecule has 88 valence electrons. The molecule has 16 heavy (non-hydrogen) atoms. The summed E-state index contributed by atoms with van der Waals surface area (Å²) in [6.45, 7) is 1.86. The Labute approximate surface area is 101 Å². The van der Waals surface area contributed by atoms with Gasteiger partial charge in [-0.05, 0) is 34.5 Å². The zero-order chi connectivity index (χ0) is 12.3. The van der Waals surface area contributed by atoms with Crippen molar-refractivity contribution in [1.82, 2.24) is 5.32 Å². The number of nitrogens with one attached hydrogen (secondary N) is 1. The van der Waals surface area contributed by atoms with E-state index in [1.807, 2.05) is 0 Å². The zero-order valence-electron chi connectivity index (χ0n) is 8.98.